The number of benzene rings is 2. The number of aromatic nitrogens is 3. The number of thioether (sulfide) groups is 1. The summed E-state index contributed by atoms with van der Waals surface area (Å²) < 4.78 is 1.79. The number of carbonyl (C=O) groups excluding carboxylic acids is 2. The predicted molar refractivity (Wildman–Crippen MR) is 128 cm³/mol. The number of pyridine rings is 1. The topological polar surface area (TPSA) is 80.1 Å². The van der Waals surface area contributed by atoms with Crippen LogP contribution in [0.25, 0.3) is 5.69 Å². The molecule has 0 spiro atoms. The summed E-state index contributed by atoms with van der Waals surface area (Å²) in [6, 6.07) is 22.8. The molecule has 1 N–H and O–H groups in total. The molecule has 164 valence electrons. The van der Waals surface area contributed by atoms with Gasteiger partial charge in [-0.1, -0.05) is 36.4 Å². The van der Waals surface area contributed by atoms with Crippen LogP contribution in [-0.2, 0) is 11.3 Å². The van der Waals surface area contributed by atoms with Crippen molar-refractivity contribution in [1.82, 2.24) is 19.7 Å². The Balaban J connectivity index is 1.32. The SMILES string of the molecule is O=C(CSC1c2ccccc2C(=O)N1Cc1ccc(-n2cccn2)cc1)Nc1ccccn1. The van der Waals surface area contributed by atoms with Crippen LogP contribution in [0.1, 0.15) is 26.9 Å². The molecule has 2 amide bonds. The minimum Gasteiger partial charge on any atom is -0.318 e. The van der Waals surface area contributed by atoms with Crippen LogP contribution in [0.15, 0.2) is 91.4 Å². The van der Waals surface area contributed by atoms with Gasteiger partial charge in [-0.3, -0.25) is 9.59 Å². The molecule has 0 radical (unpaired) electrons. The van der Waals surface area contributed by atoms with Crippen molar-refractivity contribution in [2.24, 2.45) is 0 Å². The van der Waals surface area contributed by atoms with Crippen LogP contribution in [0.2, 0.25) is 0 Å². The first kappa shape index (κ1) is 21.0. The van der Waals surface area contributed by atoms with E-state index in [9.17, 15) is 9.59 Å². The van der Waals surface area contributed by atoms with Gasteiger partial charge in [0.15, 0.2) is 0 Å². The first-order valence-electron chi connectivity index (χ1n) is 10.5. The average Bonchev–Trinajstić information content (AvgIpc) is 3.47. The van der Waals surface area contributed by atoms with E-state index >= 15 is 0 Å². The molecule has 4 aromatic rings. The zero-order chi connectivity index (χ0) is 22.6. The van der Waals surface area contributed by atoms with Crippen molar-refractivity contribution in [1.29, 1.82) is 0 Å². The Labute approximate surface area is 195 Å². The summed E-state index contributed by atoms with van der Waals surface area (Å²) in [5.41, 5.74) is 3.59. The number of rotatable bonds is 7. The van der Waals surface area contributed by atoms with Crippen molar-refractivity contribution < 1.29 is 9.59 Å². The number of nitrogens with one attached hydrogen (secondary N) is 1. The summed E-state index contributed by atoms with van der Waals surface area (Å²) in [7, 11) is 0. The summed E-state index contributed by atoms with van der Waals surface area (Å²) in [5, 5.41) is 6.81. The highest BCUT2D eigenvalue weighted by Gasteiger charge is 2.37. The number of fused-ring (bicyclic) bond motifs is 1. The van der Waals surface area contributed by atoms with Gasteiger partial charge in [0, 0.05) is 30.7 Å². The third kappa shape index (κ3) is 4.51. The third-order valence-electron chi connectivity index (χ3n) is 5.36. The maximum atomic E-state index is 13.2. The Morgan fingerprint density at radius 3 is 2.55 bits per heavy atom. The Bertz CT molecular complexity index is 1260. The fraction of sp³-hybridized carbons (Fsp3) is 0.120. The van der Waals surface area contributed by atoms with Crippen LogP contribution >= 0.6 is 11.8 Å². The summed E-state index contributed by atoms with van der Waals surface area (Å²) in [4.78, 5) is 31.6. The van der Waals surface area contributed by atoms with E-state index in [-0.39, 0.29) is 22.9 Å². The fourth-order valence-electron chi connectivity index (χ4n) is 3.81. The van der Waals surface area contributed by atoms with Crippen LogP contribution in [-0.4, -0.2) is 37.2 Å². The minimum absolute atomic E-state index is 0.0237. The Hall–Kier alpha value is -3.91. The van der Waals surface area contributed by atoms with E-state index in [4.69, 9.17) is 0 Å². The van der Waals surface area contributed by atoms with Crippen molar-refractivity contribution in [3.05, 3.63) is 108 Å². The number of hydrogen-bond acceptors (Lipinski definition) is 5. The summed E-state index contributed by atoms with van der Waals surface area (Å²) in [6.07, 6.45) is 5.26. The number of amides is 2. The molecular weight excluding hydrogens is 434 g/mol. The molecule has 1 aliphatic rings. The maximum Gasteiger partial charge on any atom is 0.255 e. The van der Waals surface area contributed by atoms with Gasteiger partial charge in [0.2, 0.25) is 5.91 Å². The zero-order valence-corrected chi connectivity index (χ0v) is 18.5. The molecule has 1 atom stereocenters. The van der Waals surface area contributed by atoms with E-state index in [1.54, 1.807) is 29.2 Å². The zero-order valence-electron chi connectivity index (χ0n) is 17.7. The van der Waals surface area contributed by atoms with Crippen LogP contribution in [0.3, 0.4) is 0 Å². The van der Waals surface area contributed by atoms with E-state index in [1.165, 1.54) is 11.8 Å². The number of anilines is 1. The molecule has 1 unspecified atom stereocenters. The summed E-state index contributed by atoms with van der Waals surface area (Å²) in [5.74, 6) is 0.543. The Kier molecular flexibility index (Phi) is 5.91. The van der Waals surface area contributed by atoms with Gasteiger partial charge in [0.1, 0.15) is 11.2 Å². The highest BCUT2D eigenvalue weighted by molar-refractivity contribution is 8.00. The van der Waals surface area contributed by atoms with E-state index in [0.717, 1.165) is 16.8 Å². The molecule has 0 fully saturated rings. The molecule has 0 bridgehead atoms. The maximum absolute atomic E-state index is 13.2. The molecule has 0 aliphatic carbocycles. The van der Waals surface area contributed by atoms with Crippen molar-refractivity contribution in [3.8, 4) is 5.69 Å². The second-order valence-corrected chi connectivity index (χ2v) is 8.63. The summed E-state index contributed by atoms with van der Waals surface area (Å²) >= 11 is 1.44. The second kappa shape index (κ2) is 9.30. The lowest BCUT2D eigenvalue weighted by molar-refractivity contribution is -0.113. The van der Waals surface area contributed by atoms with Gasteiger partial charge < -0.3 is 10.2 Å². The highest BCUT2D eigenvalue weighted by atomic mass is 32.2. The standard InChI is InChI=1S/C25H21N5O2S/c31-23(28-22-8-3-4-13-26-22)17-33-25-21-7-2-1-6-20(21)24(32)29(25)16-18-9-11-19(12-10-18)30-15-5-14-27-30/h1-15,25H,16-17H2,(H,26,28,31). The van der Waals surface area contributed by atoms with Gasteiger partial charge in [0.05, 0.1) is 11.4 Å². The smallest absolute Gasteiger partial charge is 0.255 e. The predicted octanol–water partition coefficient (Wildman–Crippen LogP) is 4.29. The first-order chi connectivity index (χ1) is 16.2. The lowest BCUT2D eigenvalue weighted by Gasteiger charge is -2.25. The highest BCUT2D eigenvalue weighted by Crippen LogP contribution is 2.42. The molecule has 3 heterocycles. The molecule has 5 rings (SSSR count). The van der Waals surface area contributed by atoms with Gasteiger partial charge in [-0.2, -0.15) is 5.10 Å². The fourth-order valence-corrected chi connectivity index (χ4v) is 4.93. The summed E-state index contributed by atoms with van der Waals surface area (Å²) in [6.45, 7) is 0.451. The monoisotopic (exact) mass is 455 g/mol. The molecule has 0 saturated carbocycles. The largest absolute Gasteiger partial charge is 0.318 e. The molecule has 0 saturated heterocycles. The lowest BCUT2D eigenvalue weighted by Crippen LogP contribution is -2.27. The van der Waals surface area contributed by atoms with E-state index in [1.807, 2.05) is 71.8 Å². The van der Waals surface area contributed by atoms with Gasteiger partial charge in [0.25, 0.3) is 5.91 Å². The number of carbonyl (C=O) groups is 2. The van der Waals surface area contributed by atoms with Crippen LogP contribution in [0, 0.1) is 0 Å². The third-order valence-corrected chi connectivity index (χ3v) is 6.62. The molecule has 33 heavy (non-hydrogen) atoms. The quantitative estimate of drug-likeness (QED) is 0.450. The van der Waals surface area contributed by atoms with Gasteiger partial charge in [-0.15, -0.1) is 11.8 Å². The molecular formula is C25H21N5O2S. The lowest BCUT2D eigenvalue weighted by atomic mass is 10.1. The van der Waals surface area contributed by atoms with Gasteiger partial charge >= 0.3 is 0 Å². The van der Waals surface area contributed by atoms with Crippen molar-refractivity contribution in [2.45, 2.75) is 11.9 Å². The van der Waals surface area contributed by atoms with Crippen LogP contribution in [0.4, 0.5) is 5.82 Å². The minimum atomic E-state index is -0.242. The molecule has 2 aromatic carbocycles. The Morgan fingerprint density at radius 2 is 1.79 bits per heavy atom. The molecule has 2 aromatic heterocycles. The second-order valence-electron chi connectivity index (χ2n) is 7.56. The average molecular weight is 456 g/mol. The number of hydrogen-bond donors (Lipinski definition) is 1. The van der Waals surface area contributed by atoms with Crippen LogP contribution < -0.4 is 5.32 Å². The van der Waals surface area contributed by atoms with Crippen LogP contribution in [0.5, 0.6) is 0 Å². The number of nitrogens with zero attached hydrogens (tertiary/aromatic N) is 4. The van der Waals surface area contributed by atoms with E-state index < -0.39 is 0 Å². The van der Waals surface area contributed by atoms with Crippen molar-refractivity contribution in [2.75, 3.05) is 11.1 Å². The van der Waals surface area contributed by atoms with Gasteiger partial charge in [-0.25, -0.2) is 9.67 Å². The normalized spacial score (nSPS) is 14.8. The van der Waals surface area contributed by atoms with E-state index in [0.29, 0.717) is 17.9 Å². The first-order valence-corrected chi connectivity index (χ1v) is 11.6. The molecule has 8 heteroatoms. The van der Waals surface area contributed by atoms with Crippen molar-refractivity contribution >= 4 is 29.4 Å². The molecule has 7 nitrogen and oxygen atoms in total. The van der Waals surface area contributed by atoms with Gasteiger partial charge in [-0.05, 0) is 47.5 Å². The molecule has 1 aliphatic heterocycles. The van der Waals surface area contributed by atoms with Crippen molar-refractivity contribution in [3.63, 3.8) is 0 Å². The Morgan fingerprint density at radius 1 is 0.970 bits per heavy atom. The van der Waals surface area contributed by atoms with E-state index in [2.05, 4.69) is 15.4 Å².